The number of rotatable bonds is 3. The number of halogens is 1. The SMILES string of the molecule is COc1ccccc1/C=C1\SC(=N)N(c2ccc(F)cc2)C1=O. The lowest BCUT2D eigenvalue weighted by Crippen LogP contribution is -2.28. The van der Waals surface area contributed by atoms with Gasteiger partial charge in [0.1, 0.15) is 11.6 Å². The van der Waals surface area contributed by atoms with Gasteiger partial charge in [-0.2, -0.15) is 0 Å². The molecule has 1 heterocycles. The third-order valence-electron chi connectivity index (χ3n) is 3.33. The quantitative estimate of drug-likeness (QED) is 0.870. The van der Waals surface area contributed by atoms with E-state index in [1.165, 1.54) is 29.2 Å². The molecule has 0 bridgehead atoms. The number of carbonyl (C=O) groups excluding carboxylic acids is 1. The Hall–Kier alpha value is -2.60. The van der Waals surface area contributed by atoms with Crippen molar-refractivity contribution in [1.82, 2.24) is 0 Å². The monoisotopic (exact) mass is 328 g/mol. The average molecular weight is 328 g/mol. The highest BCUT2D eigenvalue weighted by atomic mass is 32.2. The van der Waals surface area contributed by atoms with Gasteiger partial charge in [-0.1, -0.05) is 18.2 Å². The van der Waals surface area contributed by atoms with Crippen LogP contribution in [0.1, 0.15) is 5.56 Å². The van der Waals surface area contributed by atoms with Crippen molar-refractivity contribution in [3.63, 3.8) is 0 Å². The Morgan fingerprint density at radius 2 is 1.87 bits per heavy atom. The fraction of sp³-hybridized carbons (Fsp3) is 0.0588. The first-order valence-electron chi connectivity index (χ1n) is 6.81. The molecule has 2 aromatic carbocycles. The number of methoxy groups -OCH3 is 1. The number of amides is 1. The van der Waals surface area contributed by atoms with Crippen LogP contribution in [0.25, 0.3) is 6.08 Å². The van der Waals surface area contributed by atoms with E-state index in [1.807, 2.05) is 18.2 Å². The van der Waals surface area contributed by atoms with Crippen LogP contribution in [-0.2, 0) is 4.79 Å². The van der Waals surface area contributed by atoms with Gasteiger partial charge in [-0.25, -0.2) is 4.39 Å². The van der Waals surface area contributed by atoms with E-state index in [2.05, 4.69) is 0 Å². The molecule has 6 heteroatoms. The Labute approximate surface area is 137 Å². The van der Waals surface area contributed by atoms with Gasteiger partial charge < -0.3 is 4.74 Å². The number of hydrogen-bond donors (Lipinski definition) is 1. The minimum Gasteiger partial charge on any atom is -0.496 e. The summed E-state index contributed by atoms with van der Waals surface area (Å²) < 4.78 is 18.3. The van der Waals surface area contributed by atoms with Crippen molar-refractivity contribution in [2.24, 2.45) is 0 Å². The van der Waals surface area contributed by atoms with E-state index in [-0.39, 0.29) is 16.9 Å². The average Bonchev–Trinajstić information content (AvgIpc) is 2.83. The maximum Gasteiger partial charge on any atom is 0.271 e. The summed E-state index contributed by atoms with van der Waals surface area (Å²) in [7, 11) is 1.56. The van der Waals surface area contributed by atoms with Gasteiger partial charge in [0.25, 0.3) is 5.91 Å². The number of nitrogens with one attached hydrogen (secondary N) is 1. The maximum absolute atomic E-state index is 13.0. The van der Waals surface area contributed by atoms with E-state index >= 15 is 0 Å². The lowest BCUT2D eigenvalue weighted by molar-refractivity contribution is -0.113. The van der Waals surface area contributed by atoms with Gasteiger partial charge in [0.2, 0.25) is 0 Å². The molecule has 0 radical (unpaired) electrons. The molecule has 0 spiro atoms. The van der Waals surface area contributed by atoms with Gasteiger partial charge in [0, 0.05) is 5.56 Å². The predicted molar refractivity (Wildman–Crippen MR) is 90.2 cm³/mol. The third kappa shape index (κ3) is 2.98. The van der Waals surface area contributed by atoms with Crippen LogP contribution >= 0.6 is 11.8 Å². The Balaban J connectivity index is 1.95. The molecule has 0 unspecified atom stereocenters. The summed E-state index contributed by atoms with van der Waals surface area (Å²) in [6.07, 6.45) is 1.70. The molecule has 0 aliphatic carbocycles. The van der Waals surface area contributed by atoms with Gasteiger partial charge in [0.05, 0.1) is 17.7 Å². The van der Waals surface area contributed by atoms with Gasteiger partial charge in [-0.15, -0.1) is 0 Å². The topological polar surface area (TPSA) is 53.4 Å². The normalized spacial score (nSPS) is 16.3. The number of benzene rings is 2. The molecule has 0 atom stereocenters. The Bertz CT molecular complexity index is 802. The molecular weight excluding hydrogens is 315 g/mol. The smallest absolute Gasteiger partial charge is 0.271 e. The second-order valence-corrected chi connectivity index (χ2v) is 5.81. The third-order valence-corrected chi connectivity index (χ3v) is 4.22. The number of thioether (sulfide) groups is 1. The largest absolute Gasteiger partial charge is 0.496 e. The molecule has 3 rings (SSSR count). The molecule has 0 aromatic heterocycles. The zero-order valence-electron chi connectivity index (χ0n) is 12.2. The van der Waals surface area contributed by atoms with Gasteiger partial charge in [-0.3, -0.25) is 15.1 Å². The maximum atomic E-state index is 13.0. The van der Waals surface area contributed by atoms with Gasteiger partial charge in [0.15, 0.2) is 5.17 Å². The van der Waals surface area contributed by atoms with E-state index < -0.39 is 0 Å². The standard InChI is InChI=1S/C17H13FN2O2S/c1-22-14-5-3-2-4-11(14)10-15-16(21)20(17(19)23-15)13-8-6-12(18)7-9-13/h2-10,19H,1H3/b15-10-,19-17?. The summed E-state index contributed by atoms with van der Waals surface area (Å²) in [5, 5.41) is 8.11. The lowest BCUT2D eigenvalue weighted by Gasteiger charge is -2.14. The fourth-order valence-electron chi connectivity index (χ4n) is 2.24. The van der Waals surface area contributed by atoms with Crippen molar-refractivity contribution in [2.45, 2.75) is 0 Å². The molecule has 1 amide bonds. The first-order chi connectivity index (χ1) is 11.1. The van der Waals surface area contributed by atoms with Crippen molar-refractivity contribution in [1.29, 1.82) is 5.41 Å². The van der Waals surface area contributed by atoms with Gasteiger partial charge >= 0.3 is 0 Å². The van der Waals surface area contributed by atoms with Crippen LogP contribution in [-0.4, -0.2) is 18.2 Å². The van der Waals surface area contributed by atoms with Crippen LogP contribution in [0.15, 0.2) is 53.4 Å². The molecule has 23 heavy (non-hydrogen) atoms. The summed E-state index contributed by atoms with van der Waals surface area (Å²) in [6.45, 7) is 0. The van der Waals surface area contributed by atoms with Gasteiger partial charge in [-0.05, 0) is 48.2 Å². The molecule has 0 saturated carbocycles. The minimum absolute atomic E-state index is 0.0859. The predicted octanol–water partition coefficient (Wildman–Crippen LogP) is 3.89. The van der Waals surface area contributed by atoms with E-state index in [0.29, 0.717) is 16.3 Å². The number of hydrogen-bond acceptors (Lipinski definition) is 4. The molecule has 2 aromatic rings. The summed E-state index contributed by atoms with van der Waals surface area (Å²) >= 11 is 1.07. The van der Waals surface area contributed by atoms with Crippen LogP contribution in [0, 0.1) is 11.2 Å². The molecule has 1 saturated heterocycles. The van der Waals surface area contributed by atoms with Crippen LogP contribution in [0.3, 0.4) is 0 Å². The Kier molecular flexibility index (Phi) is 4.16. The zero-order valence-corrected chi connectivity index (χ0v) is 13.1. The second-order valence-electron chi connectivity index (χ2n) is 4.77. The van der Waals surface area contributed by atoms with Crippen molar-refractivity contribution in [2.75, 3.05) is 12.0 Å². The molecule has 116 valence electrons. The molecule has 1 N–H and O–H groups in total. The number of amidine groups is 1. The Morgan fingerprint density at radius 3 is 2.57 bits per heavy atom. The zero-order chi connectivity index (χ0) is 16.4. The first-order valence-corrected chi connectivity index (χ1v) is 7.63. The van der Waals surface area contributed by atoms with Crippen LogP contribution in [0.4, 0.5) is 10.1 Å². The Morgan fingerprint density at radius 1 is 1.17 bits per heavy atom. The summed E-state index contributed by atoms with van der Waals surface area (Å²) in [5.74, 6) is -0.0398. The highest BCUT2D eigenvalue weighted by Crippen LogP contribution is 2.36. The van der Waals surface area contributed by atoms with Crippen molar-refractivity contribution in [3.05, 3.63) is 64.8 Å². The minimum atomic E-state index is -0.385. The highest BCUT2D eigenvalue weighted by molar-refractivity contribution is 8.19. The summed E-state index contributed by atoms with van der Waals surface area (Å²) in [4.78, 5) is 14.2. The fourth-order valence-corrected chi connectivity index (χ4v) is 3.09. The second kappa shape index (κ2) is 6.26. The van der Waals surface area contributed by atoms with Crippen molar-refractivity contribution in [3.8, 4) is 5.75 Å². The van der Waals surface area contributed by atoms with Crippen LogP contribution in [0.2, 0.25) is 0 Å². The molecular formula is C17H13FN2O2S. The number of ether oxygens (including phenoxy) is 1. The van der Waals surface area contributed by atoms with Crippen molar-refractivity contribution < 1.29 is 13.9 Å². The molecule has 1 fully saturated rings. The van der Waals surface area contributed by atoms with Crippen LogP contribution in [0.5, 0.6) is 5.75 Å². The first kappa shape index (κ1) is 15.3. The molecule has 1 aliphatic heterocycles. The summed E-state index contributed by atoms with van der Waals surface area (Å²) in [5.41, 5.74) is 1.23. The van der Waals surface area contributed by atoms with E-state index in [1.54, 1.807) is 19.3 Å². The summed E-state index contributed by atoms with van der Waals surface area (Å²) in [6, 6.07) is 12.8. The van der Waals surface area contributed by atoms with E-state index in [0.717, 1.165) is 17.3 Å². The molecule has 4 nitrogen and oxygen atoms in total. The number of anilines is 1. The number of para-hydroxylation sites is 1. The van der Waals surface area contributed by atoms with E-state index in [9.17, 15) is 9.18 Å². The van der Waals surface area contributed by atoms with Crippen LogP contribution < -0.4 is 9.64 Å². The van der Waals surface area contributed by atoms with Crippen molar-refractivity contribution >= 4 is 34.6 Å². The lowest BCUT2D eigenvalue weighted by atomic mass is 10.2. The van der Waals surface area contributed by atoms with E-state index in [4.69, 9.17) is 10.1 Å². The molecule has 1 aliphatic rings. The number of carbonyl (C=O) groups is 1. The number of nitrogens with zero attached hydrogens (tertiary/aromatic N) is 1. The highest BCUT2D eigenvalue weighted by Gasteiger charge is 2.33.